The van der Waals surface area contributed by atoms with Crippen LogP contribution in [0.5, 0.6) is 0 Å². The van der Waals surface area contributed by atoms with Crippen LogP contribution in [-0.4, -0.2) is 22.4 Å². The fourth-order valence-corrected chi connectivity index (χ4v) is 0.659. The van der Waals surface area contributed by atoms with Gasteiger partial charge in [-0.25, -0.2) is 19.6 Å². The standard InChI is InChI=1S/C14H30O4/c1-11(2,3)15-17-13(7,8)14(9,10)18-16-12(4,5)6/h1-10H3. The molecule has 0 heterocycles. The lowest BCUT2D eigenvalue weighted by atomic mass is 9.90. The first-order valence-corrected chi connectivity index (χ1v) is 6.40. The van der Waals surface area contributed by atoms with Crippen molar-refractivity contribution in [1.82, 2.24) is 0 Å². The summed E-state index contributed by atoms with van der Waals surface area (Å²) in [6.07, 6.45) is 0. The van der Waals surface area contributed by atoms with Gasteiger partial charge in [-0.05, 0) is 69.2 Å². The first-order valence-electron chi connectivity index (χ1n) is 6.40. The Hall–Kier alpha value is -0.160. The van der Waals surface area contributed by atoms with Crippen LogP contribution in [0, 0.1) is 0 Å². The molecular formula is C14H30O4. The Morgan fingerprint density at radius 2 is 0.611 bits per heavy atom. The zero-order chi connectivity index (χ0) is 14.8. The predicted octanol–water partition coefficient (Wildman–Crippen LogP) is 4.04. The minimum atomic E-state index is -0.647. The van der Waals surface area contributed by atoms with E-state index in [0.717, 1.165) is 0 Å². The van der Waals surface area contributed by atoms with Gasteiger partial charge in [0.2, 0.25) is 0 Å². The average Bonchev–Trinajstić information content (AvgIpc) is 2.10. The quantitative estimate of drug-likeness (QED) is 0.553. The number of rotatable bonds is 5. The largest absolute Gasteiger partial charge is 0.230 e. The highest BCUT2D eigenvalue weighted by Crippen LogP contribution is 2.32. The minimum Gasteiger partial charge on any atom is -0.230 e. The Labute approximate surface area is 112 Å². The van der Waals surface area contributed by atoms with Crippen LogP contribution in [0.25, 0.3) is 0 Å². The van der Waals surface area contributed by atoms with Crippen molar-refractivity contribution in [1.29, 1.82) is 0 Å². The fraction of sp³-hybridized carbons (Fsp3) is 1.00. The molecule has 0 atom stereocenters. The van der Waals surface area contributed by atoms with Crippen LogP contribution in [0.1, 0.15) is 69.2 Å². The molecule has 0 aromatic carbocycles. The average molecular weight is 262 g/mol. The summed E-state index contributed by atoms with van der Waals surface area (Å²) in [6.45, 7) is 19.2. The summed E-state index contributed by atoms with van der Waals surface area (Å²) < 4.78 is 0. The number of hydrogen-bond donors (Lipinski definition) is 0. The van der Waals surface area contributed by atoms with Gasteiger partial charge in [0.25, 0.3) is 0 Å². The molecule has 0 aliphatic heterocycles. The summed E-state index contributed by atoms with van der Waals surface area (Å²) in [4.78, 5) is 21.8. The first kappa shape index (κ1) is 17.8. The van der Waals surface area contributed by atoms with Crippen molar-refractivity contribution < 1.29 is 19.6 Å². The summed E-state index contributed by atoms with van der Waals surface area (Å²) in [5, 5.41) is 0. The van der Waals surface area contributed by atoms with Crippen LogP contribution in [0.15, 0.2) is 0 Å². The number of hydrogen-bond acceptors (Lipinski definition) is 4. The molecule has 0 rings (SSSR count). The van der Waals surface area contributed by atoms with Crippen molar-refractivity contribution in [3.05, 3.63) is 0 Å². The monoisotopic (exact) mass is 262 g/mol. The molecule has 0 bridgehead atoms. The molecular weight excluding hydrogens is 232 g/mol. The third-order valence-electron chi connectivity index (χ3n) is 2.45. The van der Waals surface area contributed by atoms with E-state index in [1.807, 2.05) is 69.2 Å². The van der Waals surface area contributed by atoms with E-state index in [-0.39, 0.29) is 11.2 Å². The van der Waals surface area contributed by atoms with Gasteiger partial charge in [0.05, 0.1) is 11.2 Å². The van der Waals surface area contributed by atoms with Crippen LogP contribution < -0.4 is 0 Å². The zero-order valence-corrected chi connectivity index (χ0v) is 13.6. The van der Waals surface area contributed by atoms with Gasteiger partial charge in [-0.2, -0.15) is 0 Å². The van der Waals surface area contributed by atoms with Gasteiger partial charge >= 0.3 is 0 Å². The van der Waals surface area contributed by atoms with E-state index in [4.69, 9.17) is 19.6 Å². The Morgan fingerprint density at radius 3 is 0.778 bits per heavy atom. The van der Waals surface area contributed by atoms with Crippen LogP contribution in [0.2, 0.25) is 0 Å². The maximum Gasteiger partial charge on any atom is 0.129 e. The lowest BCUT2D eigenvalue weighted by Crippen LogP contribution is -2.51. The molecule has 0 amide bonds. The van der Waals surface area contributed by atoms with Crippen molar-refractivity contribution in [2.45, 2.75) is 91.6 Å². The highest BCUT2D eigenvalue weighted by atomic mass is 17.2. The molecule has 4 heteroatoms. The third-order valence-corrected chi connectivity index (χ3v) is 2.45. The van der Waals surface area contributed by atoms with E-state index in [2.05, 4.69) is 0 Å². The normalized spacial score (nSPS) is 15.0. The van der Waals surface area contributed by atoms with Gasteiger partial charge in [0.15, 0.2) is 0 Å². The van der Waals surface area contributed by atoms with Crippen molar-refractivity contribution >= 4 is 0 Å². The third kappa shape index (κ3) is 6.69. The zero-order valence-electron chi connectivity index (χ0n) is 13.6. The van der Waals surface area contributed by atoms with Gasteiger partial charge in [0.1, 0.15) is 11.2 Å². The van der Waals surface area contributed by atoms with Crippen LogP contribution in [0.3, 0.4) is 0 Å². The topological polar surface area (TPSA) is 36.9 Å². The van der Waals surface area contributed by atoms with Crippen molar-refractivity contribution in [2.24, 2.45) is 0 Å². The highest BCUT2D eigenvalue weighted by Gasteiger charge is 2.43. The van der Waals surface area contributed by atoms with Crippen molar-refractivity contribution in [3.63, 3.8) is 0 Å². The molecule has 0 unspecified atom stereocenters. The lowest BCUT2D eigenvalue weighted by molar-refractivity contribution is -0.473. The second kappa shape index (κ2) is 5.45. The first-order chi connectivity index (χ1) is 7.66. The second-order valence-electron chi connectivity index (χ2n) is 7.58. The lowest BCUT2D eigenvalue weighted by Gasteiger charge is -2.40. The van der Waals surface area contributed by atoms with Gasteiger partial charge < -0.3 is 0 Å². The van der Waals surface area contributed by atoms with Gasteiger partial charge in [-0.15, -0.1) is 0 Å². The second-order valence-corrected chi connectivity index (χ2v) is 7.58. The minimum absolute atomic E-state index is 0.363. The van der Waals surface area contributed by atoms with Crippen molar-refractivity contribution in [2.75, 3.05) is 0 Å². The molecule has 0 spiro atoms. The Morgan fingerprint density at radius 1 is 0.389 bits per heavy atom. The van der Waals surface area contributed by atoms with Crippen LogP contribution in [-0.2, 0) is 19.6 Å². The molecule has 0 fully saturated rings. The van der Waals surface area contributed by atoms with E-state index in [9.17, 15) is 0 Å². The van der Waals surface area contributed by atoms with E-state index in [1.165, 1.54) is 0 Å². The summed E-state index contributed by atoms with van der Waals surface area (Å²) >= 11 is 0. The smallest absolute Gasteiger partial charge is 0.129 e. The molecule has 0 aliphatic carbocycles. The van der Waals surface area contributed by atoms with E-state index >= 15 is 0 Å². The van der Waals surface area contributed by atoms with Gasteiger partial charge in [-0.1, -0.05) is 0 Å². The van der Waals surface area contributed by atoms with E-state index in [0.29, 0.717) is 0 Å². The molecule has 0 saturated heterocycles. The molecule has 0 saturated carbocycles. The van der Waals surface area contributed by atoms with E-state index in [1.54, 1.807) is 0 Å². The van der Waals surface area contributed by atoms with E-state index < -0.39 is 11.2 Å². The molecule has 0 aromatic heterocycles. The molecule has 0 aliphatic rings. The van der Waals surface area contributed by atoms with Crippen LogP contribution in [0.4, 0.5) is 0 Å². The maximum atomic E-state index is 5.52. The summed E-state index contributed by atoms with van der Waals surface area (Å²) in [7, 11) is 0. The SMILES string of the molecule is CC(C)(C)OOC(C)(C)C(C)(C)OOC(C)(C)C. The van der Waals surface area contributed by atoms with Crippen LogP contribution >= 0.6 is 0 Å². The highest BCUT2D eigenvalue weighted by molar-refractivity contribution is 4.88. The van der Waals surface area contributed by atoms with Gasteiger partial charge in [-0.3, -0.25) is 0 Å². The maximum absolute atomic E-state index is 5.52. The molecule has 0 aromatic rings. The molecule has 0 radical (unpaired) electrons. The molecule has 18 heavy (non-hydrogen) atoms. The Kier molecular flexibility index (Phi) is 5.40. The summed E-state index contributed by atoms with van der Waals surface area (Å²) in [6, 6.07) is 0. The summed E-state index contributed by atoms with van der Waals surface area (Å²) in [5.41, 5.74) is -2.02. The predicted molar refractivity (Wildman–Crippen MR) is 72.0 cm³/mol. The Bertz CT molecular complexity index is 228. The Balaban J connectivity index is 4.55. The molecule has 0 N–H and O–H groups in total. The van der Waals surface area contributed by atoms with Crippen molar-refractivity contribution in [3.8, 4) is 0 Å². The summed E-state index contributed by atoms with van der Waals surface area (Å²) in [5.74, 6) is 0. The fourth-order valence-electron chi connectivity index (χ4n) is 0.659. The molecule has 110 valence electrons. The molecule has 4 nitrogen and oxygen atoms in total. The van der Waals surface area contributed by atoms with Gasteiger partial charge in [0, 0.05) is 0 Å².